The number of benzene rings is 2. The number of aryl methyl sites for hydroxylation is 3. The Kier molecular flexibility index (Phi) is 4.05. The third kappa shape index (κ3) is 2.68. The van der Waals surface area contributed by atoms with Gasteiger partial charge in [0, 0.05) is 16.2 Å². The number of hydrogen-bond acceptors (Lipinski definition) is 2. The molecule has 1 heterocycles. The van der Waals surface area contributed by atoms with Crippen molar-refractivity contribution >= 4 is 17.4 Å². The van der Waals surface area contributed by atoms with Gasteiger partial charge in [-0.05, 0) is 45.7 Å². The zero-order valence-corrected chi connectivity index (χ0v) is 14.8. The Bertz CT molecular complexity index is 738. The van der Waals surface area contributed by atoms with Crippen LogP contribution in [0.4, 0.5) is 5.69 Å². The minimum Gasteiger partial charge on any atom is -0.334 e. The molecule has 0 aliphatic carbocycles. The van der Waals surface area contributed by atoms with E-state index in [2.05, 4.69) is 75.9 Å². The van der Waals surface area contributed by atoms with Crippen LogP contribution in [-0.2, 0) is 0 Å². The standard InChI is InChI=1S/C20H23NS/c1-13-9-14(2)11-18(10-13)19-8-6-7-15(3)20(19)21-12-22-17(5)16(21)4/h6-11H,12H2,1-5H3. The Morgan fingerprint density at radius 3 is 2.18 bits per heavy atom. The quantitative estimate of drug-likeness (QED) is 0.665. The fourth-order valence-electron chi connectivity index (χ4n) is 3.17. The molecule has 0 aromatic heterocycles. The average molecular weight is 309 g/mol. The lowest BCUT2D eigenvalue weighted by molar-refractivity contribution is 1.07. The van der Waals surface area contributed by atoms with Crippen LogP contribution in [0.15, 0.2) is 47.0 Å². The average Bonchev–Trinajstić information content (AvgIpc) is 2.78. The zero-order chi connectivity index (χ0) is 15.9. The lowest BCUT2D eigenvalue weighted by atomic mass is 9.96. The first-order valence-corrected chi connectivity index (χ1v) is 8.72. The maximum Gasteiger partial charge on any atom is 0.0729 e. The highest BCUT2D eigenvalue weighted by molar-refractivity contribution is 8.03. The third-order valence-electron chi connectivity index (χ3n) is 4.36. The van der Waals surface area contributed by atoms with Crippen molar-refractivity contribution in [1.82, 2.24) is 0 Å². The Labute approximate surface area is 138 Å². The van der Waals surface area contributed by atoms with E-state index >= 15 is 0 Å². The van der Waals surface area contributed by atoms with Gasteiger partial charge in [0.2, 0.25) is 0 Å². The van der Waals surface area contributed by atoms with E-state index in [0.717, 1.165) is 5.88 Å². The molecule has 0 N–H and O–H groups in total. The van der Waals surface area contributed by atoms with Crippen molar-refractivity contribution in [1.29, 1.82) is 0 Å². The number of para-hydroxylation sites is 1. The van der Waals surface area contributed by atoms with Crippen molar-refractivity contribution < 1.29 is 0 Å². The molecule has 0 saturated heterocycles. The van der Waals surface area contributed by atoms with Crippen LogP contribution >= 0.6 is 11.8 Å². The van der Waals surface area contributed by atoms with Gasteiger partial charge in [0.1, 0.15) is 0 Å². The highest BCUT2D eigenvalue weighted by Crippen LogP contribution is 2.42. The molecule has 0 amide bonds. The molecule has 1 nitrogen and oxygen atoms in total. The Morgan fingerprint density at radius 1 is 0.909 bits per heavy atom. The van der Waals surface area contributed by atoms with E-state index in [1.54, 1.807) is 0 Å². The van der Waals surface area contributed by atoms with Gasteiger partial charge in [-0.3, -0.25) is 0 Å². The predicted molar refractivity (Wildman–Crippen MR) is 99.4 cm³/mol. The van der Waals surface area contributed by atoms with Crippen LogP contribution in [0.1, 0.15) is 30.5 Å². The summed E-state index contributed by atoms with van der Waals surface area (Å²) in [6.07, 6.45) is 0. The molecule has 0 radical (unpaired) electrons. The Morgan fingerprint density at radius 2 is 1.59 bits per heavy atom. The molecular formula is C20H23NS. The van der Waals surface area contributed by atoms with E-state index < -0.39 is 0 Å². The molecule has 0 saturated carbocycles. The summed E-state index contributed by atoms with van der Waals surface area (Å²) in [6.45, 7) is 11.0. The third-order valence-corrected chi connectivity index (χ3v) is 5.48. The second kappa shape index (κ2) is 5.85. The van der Waals surface area contributed by atoms with Crippen molar-refractivity contribution in [2.75, 3.05) is 10.8 Å². The van der Waals surface area contributed by atoms with Crippen LogP contribution in [0.2, 0.25) is 0 Å². The number of hydrogen-bond donors (Lipinski definition) is 0. The summed E-state index contributed by atoms with van der Waals surface area (Å²) >= 11 is 1.93. The second-order valence-electron chi connectivity index (χ2n) is 6.19. The molecular weight excluding hydrogens is 286 g/mol. The van der Waals surface area contributed by atoms with Crippen LogP contribution < -0.4 is 4.90 Å². The Hall–Kier alpha value is -1.67. The smallest absolute Gasteiger partial charge is 0.0729 e. The molecule has 0 fully saturated rings. The zero-order valence-electron chi connectivity index (χ0n) is 14.0. The lowest BCUT2D eigenvalue weighted by Crippen LogP contribution is -2.18. The summed E-state index contributed by atoms with van der Waals surface area (Å²) in [5, 5.41) is 0. The van der Waals surface area contributed by atoms with Gasteiger partial charge in [0.05, 0.1) is 11.6 Å². The molecule has 0 spiro atoms. The van der Waals surface area contributed by atoms with Gasteiger partial charge in [0.15, 0.2) is 0 Å². The SMILES string of the molecule is CC1=C(C)N(c2c(C)cccc2-c2cc(C)cc(C)c2)CS1. The summed E-state index contributed by atoms with van der Waals surface area (Å²) in [5.41, 5.74) is 9.37. The van der Waals surface area contributed by atoms with Gasteiger partial charge in [-0.25, -0.2) is 0 Å². The van der Waals surface area contributed by atoms with E-state index in [4.69, 9.17) is 0 Å². The van der Waals surface area contributed by atoms with Crippen molar-refractivity contribution in [3.63, 3.8) is 0 Å². The van der Waals surface area contributed by atoms with E-state index in [-0.39, 0.29) is 0 Å². The van der Waals surface area contributed by atoms with E-state index in [9.17, 15) is 0 Å². The number of thioether (sulfide) groups is 1. The highest BCUT2D eigenvalue weighted by atomic mass is 32.2. The van der Waals surface area contributed by atoms with Crippen LogP contribution in [0.5, 0.6) is 0 Å². The number of nitrogens with zero attached hydrogens (tertiary/aromatic N) is 1. The molecule has 1 aliphatic rings. The summed E-state index contributed by atoms with van der Waals surface area (Å²) in [4.78, 5) is 3.89. The highest BCUT2D eigenvalue weighted by Gasteiger charge is 2.22. The maximum atomic E-state index is 2.46. The van der Waals surface area contributed by atoms with Gasteiger partial charge in [-0.2, -0.15) is 0 Å². The topological polar surface area (TPSA) is 3.24 Å². The van der Waals surface area contributed by atoms with Crippen LogP contribution in [0.25, 0.3) is 11.1 Å². The van der Waals surface area contributed by atoms with E-state index in [1.165, 1.54) is 44.1 Å². The first kappa shape index (κ1) is 15.2. The lowest BCUT2D eigenvalue weighted by Gasteiger charge is -2.25. The Balaban J connectivity index is 2.19. The largest absolute Gasteiger partial charge is 0.334 e. The molecule has 0 atom stereocenters. The van der Waals surface area contributed by atoms with Crippen LogP contribution in [0, 0.1) is 20.8 Å². The first-order valence-electron chi connectivity index (χ1n) is 7.73. The van der Waals surface area contributed by atoms with Crippen molar-refractivity contribution in [3.8, 4) is 11.1 Å². The minimum atomic E-state index is 1.01. The first-order chi connectivity index (χ1) is 10.5. The monoisotopic (exact) mass is 309 g/mol. The van der Waals surface area contributed by atoms with Crippen molar-refractivity contribution in [2.24, 2.45) is 0 Å². The summed E-state index contributed by atoms with van der Waals surface area (Å²) in [7, 11) is 0. The van der Waals surface area contributed by atoms with Crippen LogP contribution in [-0.4, -0.2) is 5.88 Å². The molecule has 2 aromatic carbocycles. The molecule has 1 aliphatic heterocycles. The fourth-order valence-corrected chi connectivity index (χ4v) is 4.13. The van der Waals surface area contributed by atoms with Gasteiger partial charge in [-0.1, -0.05) is 47.5 Å². The summed E-state index contributed by atoms with van der Waals surface area (Å²) < 4.78 is 0. The normalized spacial score (nSPS) is 14.9. The van der Waals surface area contributed by atoms with Gasteiger partial charge >= 0.3 is 0 Å². The second-order valence-corrected chi connectivity index (χ2v) is 7.35. The van der Waals surface area contributed by atoms with Gasteiger partial charge in [-0.15, -0.1) is 11.8 Å². The minimum absolute atomic E-state index is 1.01. The number of rotatable bonds is 2. The summed E-state index contributed by atoms with van der Waals surface area (Å²) in [5.74, 6) is 1.01. The molecule has 0 unspecified atom stereocenters. The fraction of sp³-hybridized carbons (Fsp3) is 0.300. The molecule has 2 heteroatoms. The molecule has 0 bridgehead atoms. The molecule has 22 heavy (non-hydrogen) atoms. The number of allylic oxidation sites excluding steroid dienone is 2. The molecule has 2 aromatic rings. The predicted octanol–water partition coefficient (Wildman–Crippen LogP) is 6.04. The van der Waals surface area contributed by atoms with Gasteiger partial charge in [0.25, 0.3) is 0 Å². The number of anilines is 1. The van der Waals surface area contributed by atoms with Crippen LogP contribution in [0.3, 0.4) is 0 Å². The van der Waals surface area contributed by atoms with Gasteiger partial charge < -0.3 is 4.90 Å². The maximum absolute atomic E-state index is 2.46. The molecule has 3 rings (SSSR count). The van der Waals surface area contributed by atoms with E-state index in [0.29, 0.717) is 0 Å². The molecule has 114 valence electrons. The summed E-state index contributed by atoms with van der Waals surface area (Å²) in [6, 6.07) is 13.5. The van der Waals surface area contributed by atoms with Crippen molar-refractivity contribution in [3.05, 3.63) is 63.7 Å². The van der Waals surface area contributed by atoms with E-state index in [1.807, 2.05) is 11.8 Å². The van der Waals surface area contributed by atoms with Crippen molar-refractivity contribution in [2.45, 2.75) is 34.6 Å².